The van der Waals surface area contributed by atoms with Crippen LogP contribution in [0, 0.1) is 0 Å². The Hall–Kier alpha value is -1.15. The summed E-state index contributed by atoms with van der Waals surface area (Å²) in [6.07, 6.45) is 8.02. The summed E-state index contributed by atoms with van der Waals surface area (Å²) in [6, 6.07) is 0. The van der Waals surface area contributed by atoms with E-state index in [1.165, 1.54) is 24.5 Å². The van der Waals surface area contributed by atoms with Gasteiger partial charge in [-0.25, -0.2) is 23.4 Å². The van der Waals surface area contributed by atoms with E-state index in [0.717, 1.165) is 31.2 Å². The molecule has 114 valence electrons. The zero-order valence-corrected chi connectivity index (χ0v) is 13.3. The molecular weight excluding hydrogens is 308 g/mol. The van der Waals surface area contributed by atoms with Crippen molar-refractivity contribution in [3.63, 3.8) is 0 Å². The van der Waals surface area contributed by atoms with Crippen LogP contribution in [0.15, 0.2) is 17.7 Å². The van der Waals surface area contributed by atoms with E-state index < -0.39 is 9.84 Å². The van der Waals surface area contributed by atoms with Gasteiger partial charge in [0, 0.05) is 5.75 Å². The molecule has 0 amide bonds. The lowest BCUT2D eigenvalue weighted by atomic mass is 10.0. The van der Waals surface area contributed by atoms with Gasteiger partial charge in [0.2, 0.25) is 0 Å². The van der Waals surface area contributed by atoms with Gasteiger partial charge in [-0.05, 0) is 12.8 Å². The van der Waals surface area contributed by atoms with Crippen LogP contribution in [-0.4, -0.2) is 45.1 Å². The Kier molecular flexibility index (Phi) is 4.44. The maximum Gasteiger partial charge on any atom is 0.181 e. The average molecular weight is 326 g/mol. The summed E-state index contributed by atoms with van der Waals surface area (Å²) in [4.78, 5) is 15.4. The molecule has 0 atom stereocenters. The van der Waals surface area contributed by atoms with E-state index in [2.05, 4.69) is 19.9 Å². The fraction of sp³-hybridized carbons (Fsp3) is 0.615. The van der Waals surface area contributed by atoms with Crippen molar-refractivity contribution in [2.45, 2.75) is 42.5 Å². The van der Waals surface area contributed by atoms with E-state index in [9.17, 15) is 8.42 Å². The summed E-state index contributed by atoms with van der Waals surface area (Å²) < 4.78 is 24.6. The molecular formula is C13H18N4O2S2. The van der Waals surface area contributed by atoms with Gasteiger partial charge in [-0.15, -0.1) is 0 Å². The summed E-state index contributed by atoms with van der Waals surface area (Å²) in [6.45, 7) is 0. The largest absolute Gasteiger partial charge is 0.330 e. The van der Waals surface area contributed by atoms with E-state index in [1.54, 1.807) is 6.20 Å². The molecule has 1 aliphatic rings. The molecule has 0 aromatic carbocycles. The Labute approximate surface area is 128 Å². The highest BCUT2D eigenvalue weighted by molar-refractivity contribution is 8.00. The number of hydrogen-bond acceptors (Lipinski definition) is 6. The molecule has 2 aromatic rings. The summed E-state index contributed by atoms with van der Waals surface area (Å²) in [5.74, 6) is 0.733. The molecule has 0 unspecified atom stereocenters. The molecule has 0 saturated heterocycles. The minimum atomic E-state index is -2.97. The van der Waals surface area contributed by atoms with Crippen molar-refractivity contribution < 1.29 is 8.42 Å². The quantitative estimate of drug-likeness (QED) is 0.847. The van der Waals surface area contributed by atoms with Crippen molar-refractivity contribution in [2.24, 2.45) is 0 Å². The van der Waals surface area contributed by atoms with Gasteiger partial charge in [-0.3, -0.25) is 0 Å². The Bertz CT molecular complexity index is 675. The third-order valence-electron chi connectivity index (χ3n) is 3.81. The lowest BCUT2D eigenvalue weighted by molar-refractivity contribution is 0.484. The van der Waals surface area contributed by atoms with E-state index >= 15 is 0 Å². The van der Waals surface area contributed by atoms with Crippen LogP contribution in [0.4, 0.5) is 0 Å². The van der Waals surface area contributed by atoms with E-state index in [0.29, 0.717) is 16.6 Å². The number of nitrogens with one attached hydrogen (secondary N) is 1. The number of rotatable bonds is 5. The van der Waals surface area contributed by atoms with Gasteiger partial charge >= 0.3 is 0 Å². The normalized spacial score (nSPS) is 17.3. The third kappa shape index (κ3) is 3.55. The molecule has 21 heavy (non-hydrogen) atoms. The van der Waals surface area contributed by atoms with Crippen LogP contribution >= 0.6 is 11.8 Å². The van der Waals surface area contributed by atoms with E-state index in [1.807, 2.05) is 0 Å². The number of hydrogen-bond donors (Lipinski definition) is 1. The van der Waals surface area contributed by atoms with Crippen molar-refractivity contribution in [1.29, 1.82) is 0 Å². The van der Waals surface area contributed by atoms with Crippen LogP contribution in [0.5, 0.6) is 0 Å². The third-order valence-corrected chi connectivity index (χ3v) is 7.20. The average Bonchev–Trinajstić information content (AvgIpc) is 2.90. The number of thioether (sulfide) groups is 1. The second kappa shape index (κ2) is 6.31. The maximum atomic E-state index is 12.3. The molecule has 1 fully saturated rings. The van der Waals surface area contributed by atoms with Crippen molar-refractivity contribution >= 4 is 32.8 Å². The molecule has 1 saturated carbocycles. The summed E-state index contributed by atoms with van der Waals surface area (Å²) in [7, 11) is -2.97. The predicted molar refractivity (Wildman–Crippen MR) is 83.1 cm³/mol. The van der Waals surface area contributed by atoms with E-state index in [-0.39, 0.29) is 11.0 Å². The fourth-order valence-electron chi connectivity index (χ4n) is 2.65. The van der Waals surface area contributed by atoms with Crippen molar-refractivity contribution in [3.8, 4) is 0 Å². The topological polar surface area (TPSA) is 88.6 Å². The molecule has 8 heteroatoms. The first-order valence-electron chi connectivity index (χ1n) is 7.15. The van der Waals surface area contributed by atoms with Crippen LogP contribution in [-0.2, 0) is 9.84 Å². The highest BCUT2D eigenvalue weighted by Gasteiger charge is 2.26. The van der Waals surface area contributed by atoms with Crippen LogP contribution in [0.1, 0.15) is 32.1 Å². The minimum Gasteiger partial charge on any atom is -0.330 e. The number of nitrogens with zero attached hydrogens (tertiary/aromatic N) is 3. The molecule has 1 aliphatic carbocycles. The van der Waals surface area contributed by atoms with Gasteiger partial charge in [0.05, 0.1) is 17.2 Å². The van der Waals surface area contributed by atoms with Gasteiger partial charge in [0.1, 0.15) is 11.8 Å². The lowest BCUT2D eigenvalue weighted by Crippen LogP contribution is -2.27. The Balaban J connectivity index is 1.57. The van der Waals surface area contributed by atoms with Crippen molar-refractivity contribution in [2.75, 3.05) is 11.5 Å². The Morgan fingerprint density at radius 1 is 1.29 bits per heavy atom. The first-order valence-corrected chi connectivity index (χ1v) is 9.85. The summed E-state index contributed by atoms with van der Waals surface area (Å²) in [5, 5.41) is 0.567. The van der Waals surface area contributed by atoms with Gasteiger partial charge in [-0.2, -0.15) is 0 Å². The number of aromatic nitrogens is 4. The molecule has 0 radical (unpaired) electrons. The van der Waals surface area contributed by atoms with Gasteiger partial charge in [0.15, 0.2) is 20.6 Å². The monoisotopic (exact) mass is 326 g/mol. The zero-order valence-electron chi connectivity index (χ0n) is 11.7. The maximum absolute atomic E-state index is 12.3. The van der Waals surface area contributed by atoms with Gasteiger partial charge < -0.3 is 4.98 Å². The zero-order chi connectivity index (χ0) is 14.7. The molecule has 0 spiro atoms. The van der Waals surface area contributed by atoms with Crippen LogP contribution in [0.2, 0.25) is 0 Å². The Morgan fingerprint density at radius 3 is 2.86 bits per heavy atom. The number of aromatic amines is 1. The highest BCUT2D eigenvalue weighted by Crippen LogP contribution is 2.25. The smallest absolute Gasteiger partial charge is 0.181 e. The second-order valence-electron chi connectivity index (χ2n) is 5.28. The summed E-state index contributed by atoms with van der Waals surface area (Å²) in [5.41, 5.74) is 1.39. The molecule has 6 nitrogen and oxygen atoms in total. The SMILES string of the molecule is O=S(=O)(CCSc1nc2ncncc2[nH]1)C1CCCCC1. The predicted octanol–water partition coefficient (Wildman–Crippen LogP) is 2.19. The molecule has 2 aromatic heterocycles. The number of imidazole rings is 1. The first kappa shape index (κ1) is 14.8. The number of fused-ring (bicyclic) bond motifs is 1. The van der Waals surface area contributed by atoms with E-state index in [4.69, 9.17) is 0 Å². The molecule has 0 bridgehead atoms. The first-order chi connectivity index (χ1) is 10.1. The Morgan fingerprint density at radius 2 is 2.10 bits per heavy atom. The minimum absolute atomic E-state index is 0.131. The molecule has 2 heterocycles. The van der Waals surface area contributed by atoms with Crippen molar-refractivity contribution in [3.05, 3.63) is 12.5 Å². The standard InChI is InChI=1S/C13H18N4O2S2/c18-21(19,10-4-2-1-3-5-10)7-6-20-13-16-11-8-14-9-15-12(11)17-13/h8-10H,1-7H2,(H,14,15,16,17). The van der Waals surface area contributed by atoms with Crippen molar-refractivity contribution in [1.82, 2.24) is 19.9 Å². The molecule has 1 N–H and O–H groups in total. The van der Waals surface area contributed by atoms with Crippen LogP contribution in [0.25, 0.3) is 11.2 Å². The highest BCUT2D eigenvalue weighted by atomic mass is 32.2. The van der Waals surface area contributed by atoms with Crippen LogP contribution < -0.4 is 0 Å². The fourth-order valence-corrected chi connectivity index (χ4v) is 5.83. The molecule has 3 rings (SSSR count). The number of H-pyrrole nitrogens is 1. The van der Waals surface area contributed by atoms with Gasteiger partial charge in [-0.1, -0.05) is 31.0 Å². The number of sulfone groups is 1. The van der Waals surface area contributed by atoms with Gasteiger partial charge in [0.25, 0.3) is 0 Å². The lowest BCUT2D eigenvalue weighted by Gasteiger charge is -2.21. The summed E-state index contributed by atoms with van der Waals surface area (Å²) >= 11 is 1.42. The second-order valence-corrected chi connectivity index (χ2v) is 8.76. The van der Waals surface area contributed by atoms with Crippen LogP contribution in [0.3, 0.4) is 0 Å². The molecule has 0 aliphatic heterocycles.